The van der Waals surface area contributed by atoms with Crippen LogP contribution in [0.15, 0.2) is 83.2 Å². The highest BCUT2D eigenvalue weighted by Gasteiger charge is 2.28. The molecule has 0 aliphatic heterocycles. The van der Waals surface area contributed by atoms with Gasteiger partial charge in [0.15, 0.2) is 0 Å². The SMILES string of the molecule is C=C(/C=C(\C/C=C(/C)C(C)C(/C=C\CCC)=C(C)C)CN(C)CCC(C)(CC)CC(=O)N(C)c1ccc(C=O)cc1)OCC.CCOC.CO. The van der Waals surface area contributed by atoms with Crippen LogP contribution in [0.3, 0.4) is 0 Å². The van der Waals surface area contributed by atoms with Crippen LogP contribution >= 0.6 is 0 Å². The number of hydrogen-bond donors (Lipinski definition) is 1. The topological polar surface area (TPSA) is 79.3 Å². The zero-order chi connectivity index (χ0) is 38.7. The molecule has 284 valence electrons. The Bertz CT molecular complexity index is 1220. The molecule has 0 radical (unpaired) electrons. The smallest absolute Gasteiger partial charge is 0.227 e. The number of unbranched alkanes of at least 4 members (excludes halogenated alkanes) is 1. The van der Waals surface area contributed by atoms with Crippen LogP contribution in [0.5, 0.6) is 0 Å². The fourth-order valence-corrected chi connectivity index (χ4v) is 5.14. The summed E-state index contributed by atoms with van der Waals surface area (Å²) in [4.78, 5) is 28.3. The van der Waals surface area contributed by atoms with Crippen molar-refractivity contribution in [3.63, 3.8) is 0 Å². The van der Waals surface area contributed by atoms with Crippen molar-refractivity contribution in [2.24, 2.45) is 11.3 Å². The molecular weight excluding hydrogens is 624 g/mol. The Kier molecular flexibility index (Phi) is 27.8. The average Bonchev–Trinajstić information content (AvgIpc) is 3.11. The molecule has 0 spiro atoms. The molecular formula is C43H72N2O5. The molecule has 1 rings (SSSR count). The number of benzene rings is 1. The van der Waals surface area contributed by atoms with Gasteiger partial charge >= 0.3 is 0 Å². The third-order valence-electron chi connectivity index (χ3n) is 8.94. The van der Waals surface area contributed by atoms with Gasteiger partial charge in [0.05, 0.1) is 6.61 Å². The number of likely N-dealkylation sites (N-methyl/N-ethyl adjacent to an activating group) is 1. The summed E-state index contributed by atoms with van der Waals surface area (Å²) < 4.78 is 10.2. The number of carbonyl (C=O) groups is 2. The number of anilines is 1. The second kappa shape index (κ2) is 28.4. The van der Waals surface area contributed by atoms with Crippen molar-refractivity contribution < 1.29 is 24.2 Å². The van der Waals surface area contributed by atoms with Crippen molar-refractivity contribution in [2.45, 2.75) is 101 Å². The van der Waals surface area contributed by atoms with E-state index in [0.717, 1.165) is 70.9 Å². The van der Waals surface area contributed by atoms with Crippen LogP contribution in [-0.4, -0.2) is 76.8 Å². The Morgan fingerprint density at radius 1 is 1.04 bits per heavy atom. The molecule has 0 aromatic heterocycles. The molecule has 0 saturated carbocycles. The van der Waals surface area contributed by atoms with Gasteiger partial charge < -0.3 is 24.4 Å². The highest BCUT2D eigenvalue weighted by Crippen LogP contribution is 2.32. The lowest BCUT2D eigenvalue weighted by molar-refractivity contribution is -0.120. The van der Waals surface area contributed by atoms with Gasteiger partial charge in [0.25, 0.3) is 0 Å². The van der Waals surface area contributed by atoms with Gasteiger partial charge in [-0.1, -0.05) is 76.5 Å². The Hall–Kier alpha value is -3.26. The summed E-state index contributed by atoms with van der Waals surface area (Å²) in [5.74, 6) is 1.13. The van der Waals surface area contributed by atoms with E-state index in [0.29, 0.717) is 30.3 Å². The quantitative estimate of drug-likeness (QED) is 0.0597. The highest BCUT2D eigenvalue weighted by atomic mass is 16.5. The van der Waals surface area contributed by atoms with Gasteiger partial charge in [-0.2, -0.15) is 0 Å². The summed E-state index contributed by atoms with van der Waals surface area (Å²) in [6.07, 6.45) is 15.2. The molecule has 0 saturated heterocycles. The number of methoxy groups -OCH3 is 1. The number of allylic oxidation sites excluding steroid dienone is 7. The van der Waals surface area contributed by atoms with Crippen LogP contribution in [0.25, 0.3) is 0 Å². The minimum Gasteiger partial charge on any atom is -0.495 e. The van der Waals surface area contributed by atoms with E-state index in [-0.39, 0.29) is 11.3 Å². The second-order valence-electron chi connectivity index (χ2n) is 13.3. The molecule has 0 aliphatic rings. The molecule has 1 aromatic rings. The van der Waals surface area contributed by atoms with Gasteiger partial charge in [0.2, 0.25) is 5.91 Å². The predicted octanol–water partition coefficient (Wildman–Crippen LogP) is 9.99. The molecule has 50 heavy (non-hydrogen) atoms. The Labute approximate surface area is 306 Å². The Morgan fingerprint density at radius 3 is 2.12 bits per heavy atom. The first-order chi connectivity index (χ1) is 23.7. The molecule has 2 atom stereocenters. The highest BCUT2D eigenvalue weighted by molar-refractivity contribution is 5.93. The number of hydrogen-bond acceptors (Lipinski definition) is 6. The first kappa shape index (κ1) is 48.9. The van der Waals surface area contributed by atoms with Gasteiger partial charge in [-0.3, -0.25) is 9.59 Å². The summed E-state index contributed by atoms with van der Waals surface area (Å²) in [5, 5.41) is 7.00. The average molecular weight is 697 g/mol. The lowest BCUT2D eigenvalue weighted by Gasteiger charge is -2.32. The van der Waals surface area contributed by atoms with E-state index in [9.17, 15) is 9.59 Å². The van der Waals surface area contributed by atoms with Crippen LogP contribution in [0.1, 0.15) is 111 Å². The number of ether oxygens (including phenoxy) is 2. The van der Waals surface area contributed by atoms with Crippen LogP contribution < -0.4 is 4.90 Å². The molecule has 2 unspecified atom stereocenters. The van der Waals surface area contributed by atoms with E-state index < -0.39 is 0 Å². The third kappa shape index (κ3) is 20.4. The third-order valence-corrected chi connectivity index (χ3v) is 8.94. The zero-order valence-corrected chi connectivity index (χ0v) is 34.0. The summed E-state index contributed by atoms with van der Waals surface area (Å²) in [7, 11) is 6.64. The van der Waals surface area contributed by atoms with E-state index >= 15 is 0 Å². The van der Waals surface area contributed by atoms with E-state index in [2.05, 4.69) is 96.0 Å². The zero-order valence-electron chi connectivity index (χ0n) is 34.0. The normalized spacial score (nSPS) is 13.3. The first-order valence-electron chi connectivity index (χ1n) is 18.2. The molecule has 0 heterocycles. The number of aliphatic hydroxyl groups excluding tert-OH is 1. The maximum Gasteiger partial charge on any atom is 0.227 e. The summed E-state index contributed by atoms with van der Waals surface area (Å²) in [5.41, 5.74) is 6.64. The number of nitrogens with zero attached hydrogens (tertiary/aromatic N) is 2. The fourth-order valence-electron chi connectivity index (χ4n) is 5.14. The van der Waals surface area contributed by atoms with Crippen molar-refractivity contribution in [2.75, 3.05) is 59.5 Å². The largest absolute Gasteiger partial charge is 0.495 e. The first-order valence-corrected chi connectivity index (χ1v) is 18.2. The van der Waals surface area contributed by atoms with E-state index in [1.807, 2.05) is 26.0 Å². The molecule has 7 heteroatoms. The summed E-state index contributed by atoms with van der Waals surface area (Å²) >= 11 is 0. The molecule has 0 fully saturated rings. The molecule has 0 aliphatic carbocycles. The number of rotatable bonds is 21. The molecule has 7 nitrogen and oxygen atoms in total. The Morgan fingerprint density at radius 2 is 1.64 bits per heavy atom. The van der Waals surface area contributed by atoms with E-state index in [1.54, 1.807) is 31.2 Å². The molecule has 1 N–H and O–H groups in total. The minimum atomic E-state index is -0.126. The number of carbonyl (C=O) groups excluding carboxylic acids is 2. The van der Waals surface area contributed by atoms with Gasteiger partial charge in [0.1, 0.15) is 12.0 Å². The van der Waals surface area contributed by atoms with Crippen molar-refractivity contribution in [3.8, 4) is 0 Å². The lowest BCUT2D eigenvalue weighted by atomic mass is 9.80. The minimum absolute atomic E-state index is 0.0828. The fraction of sp³-hybridized carbons (Fsp3) is 0.581. The maximum absolute atomic E-state index is 13.2. The van der Waals surface area contributed by atoms with Crippen molar-refractivity contribution in [1.82, 2.24) is 4.90 Å². The second-order valence-corrected chi connectivity index (χ2v) is 13.3. The van der Waals surface area contributed by atoms with Crippen LogP contribution in [0.4, 0.5) is 5.69 Å². The van der Waals surface area contributed by atoms with E-state index in [1.165, 1.54) is 22.3 Å². The van der Waals surface area contributed by atoms with E-state index in [4.69, 9.17) is 9.84 Å². The van der Waals surface area contributed by atoms with Crippen LogP contribution in [0, 0.1) is 11.3 Å². The summed E-state index contributed by atoms with van der Waals surface area (Å²) in [6.45, 7) is 26.6. The van der Waals surface area contributed by atoms with Gasteiger partial charge in [-0.15, -0.1) is 0 Å². The van der Waals surface area contributed by atoms with Crippen LogP contribution in [-0.2, 0) is 14.3 Å². The Balaban J connectivity index is 0. The van der Waals surface area contributed by atoms with Gasteiger partial charge in [-0.05, 0) is 114 Å². The van der Waals surface area contributed by atoms with Gasteiger partial charge in [0, 0.05) is 58.0 Å². The van der Waals surface area contributed by atoms with Crippen molar-refractivity contribution in [3.05, 3.63) is 88.8 Å². The number of amides is 1. The standard InChI is InChI=1S/C39H60N2O3.C3H8O.CH4O/c1-12-15-16-17-37(30(4)5)33(8)31(6)18-19-35(26-32(7)44-14-3)28-40(10)25-24-39(9,13-2)27-38(43)41(11)36-22-20-34(29-42)21-23-36;1-3-4-2;1-2/h16-18,20-23,26,29,33H,7,12-15,19,24-25,27-28H2,1-6,8-11H3;3H2,1-2H3;2H,1H3/b17-16-,31-18-,35-26+;;. The molecule has 1 aromatic carbocycles. The maximum atomic E-state index is 13.2. The number of aldehydes is 1. The lowest BCUT2D eigenvalue weighted by Crippen LogP contribution is -2.34. The predicted molar refractivity (Wildman–Crippen MR) is 215 cm³/mol. The molecule has 0 bridgehead atoms. The monoisotopic (exact) mass is 697 g/mol. The van der Waals surface area contributed by atoms with Crippen molar-refractivity contribution in [1.29, 1.82) is 0 Å². The summed E-state index contributed by atoms with van der Waals surface area (Å²) in [6, 6.07) is 7.13. The molecule has 1 amide bonds. The van der Waals surface area contributed by atoms with Crippen LogP contribution in [0.2, 0.25) is 0 Å². The number of aliphatic hydroxyl groups is 1. The van der Waals surface area contributed by atoms with Crippen molar-refractivity contribution >= 4 is 17.9 Å². The van der Waals surface area contributed by atoms with Gasteiger partial charge in [-0.25, -0.2) is 0 Å².